The van der Waals surface area contributed by atoms with E-state index in [2.05, 4.69) is 20.2 Å². The zero-order chi connectivity index (χ0) is 26.4. The van der Waals surface area contributed by atoms with Gasteiger partial charge in [0.1, 0.15) is 11.6 Å². The number of thioether (sulfide) groups is 1. The van der Waals surface area contributed by atoms with Gasteiger partial charge >= 0.3 is 11.8 Å². The van der Waals surface area contributed by atoms with Crippen LogP contribution in [0.15, 0.2) is 45.1 Å². The number of nitrogens with one attached hydrogen (secondary N) is 2. The number of nitrogens with zero attached hydrogens (tertiary/aromatic N) is 5. The summed E-state index contributed by atoms with van der Waals surface area (Å²) in [4.78, 5) is 56.3. The van der Waals surface area contributed by atoms with Crippen molar-refractivity contribution in [1.82, 2.24) is 34.5 Å². The zero-order valence-electron chi connectivity index (χ0n) is 20.4. The van der Waals surface area contributed by atoms with Crippen LogP contribution in [0, 0.1) is 0 Å². The molecule has 0 radical (unpaired) electrons. The third-order valence-electron chi connectivity index (χ3n) is 5.66. The van der Waals surface area contributed by atoms with Gasteiger partial charge in [0.05, 0.1) is 25.2 Å². The molecule has 2 N–H and O–H groups in total. The molecule has 0 atom stereocenters. The van der Waals surface area contributed by atoms with Crippen molar-refractivity contribution in [3.05, 3.63) is 62.7 Å². The van der Waals surface area contributed by atoms with Crippen molar-refractivity contribution in [3.8, 4) is 11.4 Å². The minimum absolute atomic E-state index is 0.0887. The second kappa shape index (κ2) is 11.8. The summed E-state index contributed by atoms with van der Waals surface area (Å²) in [5.41, 5.74) is -0.0606. The molecule has 2 aromatic heterocycles. The molecule has 0 bridgehead atoms. The van der Waals surface area contributed by atoms with E-state index in [4.69, 9.17) is 9.47 Å². The van der Waals surface area contributed by atoms with Gasteiger partial charge in [-0.05, 0) is 19.1 Å². The zero-order valence-corrected chi connectivity index (χ0v) is 21.2. The number of aromatic amines is 2. The largest absolute Gasteiger partial charge is 0.497 e. The van der Waals surface area contributed by atoms with Gasteiger partial charge in [-0.25, -0.2) is 9.59 Å². The van der Waals surface area contributed by atoms with Crippen molar-refractivity contribution in [2.75, 3.05) is 45.6 Å². The Morgan fingerprint density at radius 3 is 2.51 bits per heavy atom. The topological polar surface area (TPSA) is 156 Å². The molecule has 0 aliphatic carbocycles. The Bertz CT molecular complexity index is 1350. The van der Waals surface area contributed by atoms with Crippen LogP contribution < -0.4 is 16.0 Å². The molecule has 1 aliphatic rings. The van der Waals surface area contributed by atoms with Crippen LogP contribution in [0.5, 0.6) is 5.75 Å². The molecule has 14 heteroatoms. The molecular formula is C23H27N7O6S. The van der Waals surface area contributed by atoms with E-state index in [1.54, 1.807) is 40.5 Å². The fourth-order valence-corrected chi connectivity index (χ4v) is 4.75. The maximum absolute atomic E-state index is 12.9. The summed E-state index contributed by atoms with van der Waals surface area (Å²) >= 11 is 1.22. The Balaban J connectivity index is 1.51. The van der Waals surface area contributed by atoms with E-state index in [9.17, 15) is 19.2 Å². The van der Waals surface area contributed by atoms with Gasteiger partial charge in [-0.1, -0.05) is 17.8 Å². The average Bonchev–Trinajstić information content (AvgIpc) is 3.29. The summed E-state index contributed by atoms with van der Waals surface area (Å²) in [5.74, 6) is 1.11. The highest BCUT2D eigenvalue weighted by atomic mass is 32.2. The third-order valence-corrected chi connectivity index (χ3v) is 6.57. The molecule has 1 aromatic carbocycles. The SMILES string of the molecule is CCOC(=O)N1CCN(C(=O)CSc2nnc(Cc3cc(=O)[nH]c(=O)[nH]3)n2-c2cccc(OC)c2)CC1. The first kappa shape index (κ1) is 26.0. The molecule has 4 rings (SSSR count). The number of amides is 2. The highest BCUT2D eigenvalue weighted by molar-refractivity contribution is 7.99. The molecule has 196 valence electrons. The average molecular weight is 530 g/mol. The van der Waals surface area contributed by atoms with Gasteiger partial charge in [0.15, 0.2) is 5.16 Å². The number of hydrogen-bond acceptors (Lipinski definition) is 9. The Morgan fingerprint density at radius 1 is 1.05 bits per heavy atom. The van der Waals surface area contributed by atoms with Crippen LogP contribution in [0.25, 0.3) is 5.69 Å². The summed E-state index contributed by atoms with van der Waals surface area (Å²) in [7, 11) is 1.56. The molecule has 0 spiro atoms. The van der Waals surface area contributed by atoms with E-state index in [1.165, 1.54) is 17.8 Å². The predicted molar refractivity (Wildman–Crippen MR) is 134 cm³/mol. The summed E-state index contributed by atoms with van der Waals surface area (Å²) in [6, 6.07) is 8.55. The molecule has 1 fully saturated rings. The van der Waals surface area contributed by atoms with Crippen LogP contribution >= 0.6 is 11.8 Å². The van der Waals surface area contributed by atoms with Crippen LogP contribution in [0.1, 0.15) is 18.4 Å². The first-order valence-corrected chi connectivity index (χ1v) is 12.6. The Hall–Kier alpha value is -4.07. The molecule has 0 saturated carbocycles. The highest BCUT2D eigenvalue weighted by Crippen LogP contribution is 2.26. The predicted octanol–water partition coefficient (Wildman–Crippen LogP) is 0.636. The molecule has 1 aliphatic heterocycles. The number of ether oxygens (including phenoxy) is 2. The van der Waals surface area contributed by atoms with Crippen molar-refractivity contribution in [2.45, 2.75) is 18.5 Å². The first-order valence-electron chi connectivity index (χ1n) is 11.6. The number of carbonyl (C=O) groups excluding carboxylic acids is 2. The van der Waals surface area contributed by atoms with Crippen LogP contribution in [0.3, 0.4) is 0 Å². The molecule has 3 heterocycles. The van der Waals surface area contributed by atoms with E-state index in [1.807, 2.05) is 12.1 Å². The minimum Gasteiger partial charge on any atom is -0.497 e. The molecule has 37 heavy (non-hydrogen) atoms. The maximum atomic E-state index is 12.9. The minimum atomic E-state index is -0.613. The van der Waals surface area contributed by atoms with E-state index in [0.717, 1.165) is 0 Å². The van der Waals surface area contributed by atoms with Crippen molar-refractivity contribution < 1.29 is 19.1 Å². The Labute approximate surface area is 215 Å². The van der Waals surface area contributed by atoms with E-state index in [-0.39, 0.29) is 24.2 Å². The number of H-pyrrole nitrogens is 2. The van der Waals surface area contributed by atoms with Crippen molar-refractivity contribution in [1.29, 1.82) is 0 Å². The van der Waals surface area contributed by atoms with Crippen LogP contribution in [-0.4, -0.2) is 92.2 Å². The second-order valence-corrected chi connectivity index (χ2v) is 9.02. The monoisotopic (exact) mass is 529 g/mol. The molecule has 13 nitrogen and oxygen atoms in total. The molecular weight excluding hydrogens is 502 g/mol. The van der Waals surface area contributed by atoms with Crippen molar-refractivity contribution in [2.24, 2.45) is 0 Å². The molecule has 2 amide bonds. The van der Waals surface area contributed by atoms with Crippen molar-refractivity contribution >= 4 is 23.8 Å². The lowest BCUT2D eigenvalue weighted by Crippen LogP contribution is -2.51. The lowest BCUT2D eigenvalue weighted by Gasteiger charge is -2.34. The highest BCUT2D eigenvalue weighted by Gasteiger charge is 2.25. The van der Waals surface area contributed by atoms with Gasteiger partial charge in [0.2, 0.25) is 5.91 Å². The van der Waals surface area contributed by atoms with Gasteiger partial charge in [0.25, 0.3) is 5.56 Å². The fraction of sp³-hybridized carbons (Fsp3) is 0.391. The quantitative estimate of drug-likeness (QED) is 0.400. The first-order chi connectivity index (χ1) is 17.9. The Kier molecular flexibility index (Phi) is 8.28. The lowest BCUT2D eigenvalue weighted by molar-refractivity contribution is -0.129. The van der Waals surface area contributed by atoms with Gasteiger partial charge in [-0.3, -0.25) is 19.1 Å². The summed E-state index contributed by atoms with van der Waals surface area (Å²) < 4.78 is 12.1. The molecule has 0 unspecified atom stereocenters. The second-order valence-electron chi connectivity index (χ2n) is 8.08. The smallest absolute Gasteiger partial charge is 0.409 e. The standard InChI is InChI=1S/C23H27N7O6S/c1-3-36-23(34)29-9-7-28(8-10-29)20(32)14-37-22-27-26-18(11-15-12-19(31)25-21(33)24-15)30(22)16-5-4-6-17(13-16)35-2/h4-6,12-13H,3,7-11,14H2,1-2H3,(H2,24,25,31,33). The molecule has 3 aromatic rings. The summed E-state index contributed by atoms with van der Waals surface area (Å²) in [6.07, 6.45) is -0.238. The number of benzene rings is 1. The number of hydrogen-bond donors (Lipinski definition) is 2. The fourth-order valence-electron chi connectivity index (χ4n) is 3.87. The lowest BCUT2D eigenvalue weighted by atomic mass is 10.2. The van der Waals surface area contributed by atoms with Gasteiger partial charge in [-0.15, -0.1) is 10.2 Å². The van der Waals surface area contributed by atoms with Crippen LogP contribution in [0.4, 0.5) is 4.79 Å². The van der Waals surface area contributed by atoms with Gasteiger partial charge in [0, 0.05) is 50.4 Å². The summed E-state index contributed by atoms with van der Waals surface area (Å²) in [5, 5.41) is 9.02. The van der Waals surface area contributed by atoms with E-state index in [0.29, 0.717) is 60.9 Å². The number of piperazine rings is 1. The number of aromatic nitrogens is 5. The number of methoxy groups -OCH3 is 1. The van der Waals surface area contributed by atoms with E-state index < -0.39 is 11.2 Å². The van der Waals surface area contributed by atoms with Gasteiger partial charge in [-0.2, -0.15) is 0 Å². The van der Waals surface area contributed by atoms with Crippen LogP contribution in [0.2, 0.25) is 0 Å². The van der Waals surface area contributed by atoms with Gasteiger partial charge < -0.3 is 24.3 Å². The number of rotatable bonds is 8. The maximum Gasteiger partial charge on any atom is 0.409 e. The summed E-state index contributed by atoms with van der Waals surface area (Å²) in [6.45, 7) is 3.72. The normalized spacial score (nSPS) is 13.5. The van der Waals surface area contributed by atoms with Crippen LogP contribution in [-0.2, 0) is 16.0 Å². The van der Waals surface area contributed by atoms with Crippen molar-refractivity contribution in [3.63, 3.8) is 0 Å². The third kappa shape index (κ3) is 6.39. The Morgan fingerprint density at radius 2 is 1.81 bits per heavy atom. The van der Waals surface area contributed by atoms with E-state index >= 15 is 0 Å². The number of carbonyl (C=O) groups is 2. The molecule has 1 saturated heterocycles.